The summed E-state index contributed by atoms with van der Waals surface area (Å²) in [5.74, 6) is 0.703. The number of carbonyl (C=O) groups is 1. The van der Waals surface area contributed by atoms with Gasteiger partial charge >= 0.3 is 0 Å². The predicted octanol–water partition coefficient (Wildman–Crippen LogP) is 1.48. The van der Waals surface area contributed by atoms with Crippen LogP contribution in [-0.2, 0) is 27.4 Å². The quantitative estimate of drug-likeness (QED) is 0.542. The highest BCUT2D eigenvalue weighted by atomic mass is 16.6. The fourth-order valence-corrected chi connectivity index (χ4v) is 4.27. The molecule has 4 rings (SSSR count). The van der Waals surface area contributed by atoms with Crippen molar-refractivity contribution in [3.8, 4) is 5.75 Å². The average molecular weight is 442 g/mol. The molecule has 2 aromatic rings. The second-order valence-electron chi connectivity index (χ2n) is 8.39. The minimum Gasteiger partial charge on any atom is -0.497 e. The monoisotopic (exact) mass is 441 g/mol. The molecule has 0 unspecified atom stereocenters. The Morgan fingerprint density at radius 1 is 1.22 bits per heavy atom. The van der Waals surface area contributed by atoms with Crippen molar-refractivity contribution in [1.29, 1.82) is 0 Å². The minimum atomic E-state index is -0.718. The maximum absolute atomic E-state index is 12.3. The van der Waals surface area contributed by atoms with Gasteiger partial charge in [-0.05, 0) is 36.2 Å². The number of aryl methyl sites for hydroxylation is 1. The molecule has 5 atom stereocenters. The highest BCUT2D eigenvalue weighted by Gasteiger charge is 2.50. The molecule has 8 nitrogen and oxygen atoms in total. The number of aliphatic hydroxyl groups is 1. The summed E-state index contributed by atoms with van der Waals surface area (Å²) in [6.45, 7) is 3.61. The number of fused-ring (bicyclic) bond motifs is 1. The normalized spacial score (nSPS) is 26.7. The molecule has 0 saturated carbocycles. The van der Waals surface area contributed by atoms with Gasteiger partial charge in [-0.1, -0.05) is 18.2 Å². The molecule has 172 valence electrons. The molecule has 0 spiro atoms. The number of hydrogen-bond acceptors (Lipinski definition) is 7. The smallest absolute Gasteiger partial charge is 0.222 e. The Bertz CT molecular complexity index is 907. The van der Waals surface area contributed by atoms with Crippen molar-refractivity contribution in [1.82, 2.24) is 15.6 Å². The third-order valence-electron chi connectivity index (χ3n) is 6.10. The summed E-state index contributed by atoms with van der Waals surface area (Å²) < 4.78 is 17.1. The molecule has 1 amide bonds. The van der Waals surface area contributed by atoms with E-state index in [-0.39, 0.29) is 30.6 Å². The van der Waals surface area contributed by atoms with Gasteiger partial charge in [-0.2, -0.15) is 0 Å². The van der Waals surface area contributed by atoms with Crippen LogP contribution in [0.15, 0.2) is 42.6 Å². The summed E-state index contributed by atoms with van der Waals surface area (Å²) in [7, 11) is 1.62. The van der Waals surface area contributed by atoms with Crippen molar-refractivity contribution in [2.45, 2.75) is 63.4 Å². The lowest BCUT2D eigenvalue weighted by molar-refractivity contribution is -0.124. The molecule has 3 N–H and O–H groups in total. The summed E-state index contributed by atoms with van der Waals surface area (Å²) in [5.41, 5.74) is 3.11. The average Bonchev–Trinajstić information content (AvgIpc) is 3.32. The molecule has 32 heavy (non-hydrogen) atoms. The van der Waals surface area contributed by atoms with Crippen LogP contribution in [-0.4, -0.2) is 60.2 Å². The van der Waals surface area contributed by atoms with E-state index >= 15 is 0 Å². The summed E-state index contributed by atoms with van der Waals surface area (Å²) in [4.78, 5) is 16.7. The molecule has 0 bridgehead atoms. The van der Waals surface area contributed by atoms with Gasteiger partial charge in [0.05, 0.1) is 37.5 Å². The first-order chi connectivity index (χ1) is 15.5. The molecule has 2 fully saturated rings. The molecule has 0 aliphatic carbocycles. The number of amides is 1. The molecule has 2 saturated heterocycles. The van der Waals surface area contributed by atoms with Gasteiger partial charge in [0, 0.05) is 32.3 Å². The van der Waals surface area contributed by atoms with Gasteiger partial charge in [0.2, 0.25) is 5.91 Å². The second-order valence-corrected chi connectivity index (χ2v) is 8.39. The van der Waals surface area contributed by atoms with Crippen molar-refractivity contribution in [3.05, 3.63) is 59.4 Å². The van der Waals surface area contributed by atoms with Crippen molar-refractivity contribution >= 4 is 5.91 Å². The van der Waals surface area contributed by atoms with Gasteiger partial charge < -0.3 is 30.0 Å². The number of methoxy groups -OCH3 is 1. The summed E-state index contributed by atoms with van der Waals surface area (Å²) in [5, 5.41) is 16.9. The Morgan fingerprint density at radius 3 is 2.75 bits per heavy atom. The van der Waals surface area contributed by atoms with E-state index in [2.05, 4.69) is 15.6 Å². The first-order valence-corrected chi connectivity index (χ1v) is 11.0. The predicted molar refractivity (Wildman–Crippen MR) is 118 cm³/mol. The number of benzene rings is 1. The maximum atomic E-state index is 12.3. The van der Waals surface area contributed by atoms with E-state index in [1.807, 2.05) is 43.3 Å². The van der Waals surface area contributed by atoms with Crippen molar-refractivity contribution in [3.63, 3.8) is 0 Å². The van der Waals surface area contributed by atoms with Gasteiger partial charge in [-0.15, -0.1) is 0 Å². The second kappa shape index (κ2) is 10.4. The van der Waals surface area contributed by atoms with Crippen LogP contribution >= 0.6 is 0 Å². The van der Waals surface area contributed by atoms with E-state index in [9.17, 15) is 9.90 Å². The van der Waals surface area contributed by atoms with E-state index in [0.29, 0.717) is 26.1 Å². The molecular formula is C24H31N3O5. The number of nitrogens with one attached hydrogen (secondary N) is 2. The summed E-state index contributed by atoms with van der Waals surface area (Å²) in [6, 6.07) is 11.5. The molecule has 1 aromatic carbocycles. The fraction of sp³-hybridized carbons (Fsp3) is 0.500. The van der Waals surface area contributed by atoms with E-state index in [0.717, 1.165) is 22.6 Å². The zero-order chi connectivity index (χ0) is 22.5. The van der Waals surface area contributed by atoms with Crippen LogP contribution in [0.1, 0.15) is 29.7 Å². The van der Waals surface area contributed by atoms with Gasteiger partial charge in [0.15, 0.2) is 0 Å². The minimum absolute atomic E-state index is 0.0794. The lowest BCUT2D eigenvalue weighted by atomic mass is 10.1. The van der Waals surface area contributed by atoms with Crippen LogP contribution in [0, 0.1) is 6.92 Å². The molecular weight excluding hydrogens is 410 g/mol. The third kappa shape index (κ3) is 5.45. The van der Waals surface area contributed by atoms with Crippen molar-refractivity contribution in [2.75, 3.05) is 13.7 Å². The largest absolute Gasteiger partial charge is 0.497 e. The zero-order valence-corrected chi connectivity index (χ0v) is 18.5. The van der Waals surface area contributed by atoms with Gasteiger partial charge in [0.25, 0.3) is 0 Å². The first-order valence-electron chi connectivity index (χ1n) is 11.0. The number of nitrogens with zero attached hydrogens (tertiary/aromatic N) is 1. The molecule has 1 aromatic heterocycles. The third-order valence-corrected chi connectivity index (χ3v) is 6.10. The van der Waals surface area contributed by atoms with Crippen molar-refractivity contribution < 1.29 is 24.1 Å². The van der Waals surface area contributed by atoms with Crippen LogP contribution in [0.4, 0.5) is 0 Å². The van der Waals surface area contributed by atoms with E-state index < -0.39 is 12.2 Å². The van der Waals surface area contributed by atoms with Crippen LogP contribution in [0.5, 0.6) is 5.75 Å². The van der Waals surface area contributed by atoms with E-state index in [4.69, 9.17) is 14.2 Å². The Kier molecular flexibility index (Phi) is 7.36. The number of ether oxygens (including phenoxy) is 3. The van der Waals surface area contributed by atoms with Crippen molar-refractivity contribution in [2.24, 2.45) is 0 Å². The molecule has 2 aliphatic heterocycles. The van der Waals surface area contributed by atoms with Crippen LogP contribution in [0.3, 0.4) is 0 Å². The van der Waals surface area contributed by atoms with Gasteiger partial charge in [-0.25, -0.2) is 0 Å². The number of pyridine rings is 1. The number of rotatable bonds is 9. The lowest BCUT2D eigenvalue weighted by Gasteiger charge is -2.20. The van der Waals surface area contributed by atoms with Crippen LogP contribution in [0.25, 0.3) is 0 Å². The van der Waals surface area contributed by atoms with E-state index in [1.54, 1.807) is 13.3 Å². The zero-order valence-electron chi connectivity index (χ0n) is 18.5. The number of aliphatic hydroxyl groups excluding tert-OH is 1. The highest BCUT2D eigenvalue weighted by molar-refractivity contribution is 5.76. The number of carbonyl (C=O) groups excluding carboxylic acids is 1. The van der Waals surface area contributed by atoms with Crippen LogP contribution < -0.4 is 15.4 Å². The lowest BCUT2D eigenvalue weighted by Crippen LogP contribution is -2.39. The Balaban J connectivity index is 1.18. The first kappa shape index (κ1) is 22.7. The Hall–Kier alpha value is -2.52. The number of aromatic nitrogens is 1. The highest BCUT2D eigenvalue weighted by Crippen LogP contribution is 2.35. The standard InChI is InChI=1S/C24H31N3O5/c1-15-4-3-9-26-19(15)13-25-14-21-23(29)24-20(32-21)10-18(31-24)11-22(28)27-12-16-5-7-17(30-2)8-6-16/h3-9,18,20-21,23-25,29H,10-14H2,1-2H3,(H,27,28)/t18-,20+,21+,23+,24-/m0/s1. The van der Waals surface area contributed by atoms with E-state index in [1.165, 1.54) is 0 Å². The molecule has 3 heterocycles. The molecule has 2 aliphatic rings. The number of hydrogen-bond donors (Lipinski definition) is 3. The Labute approximate surface area is 188 Å². The summed E-state index contributed by atoms with van der Waals surface area (Å²) in [6.07, 6.45) is 0.750. The molecule has 0 radical (unpaired) electrons. The summed E-state index contributed by atoms with van der Waals surface area (Å²) >= 11 is 0. The van der Waals surface area contributed by atoms with Crippen LogP contribution in [0.2, 0.25) is 0 Å². The maximum Gasteiger partial charge on any atom is 0.222 e. The van der Waals surface area contributed by atoms with Gasteiger partial charge in [0.1, 0.15) is 18.0 Å². The van der Waals surface area contributed by atoms with Gasteiger partial charge in [-0.3, -0.25) is 9.78 Å². The molecule has 8 heteroatoms. The topological polar surface area (TPSA) is 102 Å². The fourth-order valence-electron chi connectivity index (χ4n) is 4.27. The SMILES string of the molecule is COc1ccc(CNC(=O)C[C@@H]2C[C@H]3O[C@H](CNCc4ncccc4C)[C@@H](O)[C@H]3O2)cc1. The Morgan fingerprint density at radius 2 is 2.03 bits per heavy atom.